The normalized spacial score (nSPS) is 10.2. The lowest BCUT2D eigenvalue weighted by molar-refractivity contribution is -0.131. The van der Waals surface area contributed by atoms with Crippen molar-refractivity contribution in [1.29, 1.82) is 0 Å². The van der Waals surface area contributed by atoms with Crippen LogP contribution >= 0.6 is 0 Å². The lowest BCUT2D eigenvalue weighted by Crippen LogP contribution is -2.14. The Kier molecular flexibility index (Phi) is 3.55. The highest BCUT2D eigenvalue weighted by atomic mass is 19.3. The molecule has 0 spiro atoms. The third-order valence-electron chi connectivity index (χ3n) is 1.92. The highest BCUT2D eigenvalue weighted by molar-refractivity contribution is 6.40. The summed E-state index contributed by atoms with van der Waals surface area (Å²) < 4.78 is 29.3. The van der Waals surface area contributed by atoms with Crippen LogP contribution in [0.2, 0.25) is 0 Å². The second-order valence-corrected chi connectivity index (χ2v) is 2.89. The molecule has 0 aliphatic rings. The number of carboxylic acids is 1. The number of aliphatic carboxylic acids is 1. The Morgan fingerprint density at radius 3 is 2.44 bits per heavy atom. The van der Waals surface area contributed by atoms with Crippen LogP contribution in [0.15, 0.2) is 18.2 Å². The molecule has 0 fully saturated rings. The minimum atomic E-state index is -2.71. The highest BCUT2D eigenvalue weighted by Gasteiger charge is 2.20. The number of benzene rings is 1. The summed E-state index contributed by atoms with van der Waals surface area (Å²) in [6.45, 7) is 0. The first-order valence-corrected chi connectivity index (χ1v) is 4.21. The average Bonchev–Trinajstić information content (AvgIpc) is 2.26. The minimum absolute atomic E-state index is 0.176. The van der Waals surface area contributed by atoms with Gasteiger partial charge in [-0.05, 0) is 12.1 Å². The van der Waals surface area contributed by atoms with Gasteiger partial charge >= 0.3 is 5.97 Å². The number of methoxy groups -OCH3 is 1. The Balaban J connectivity index is 3.22. The van der Waals surface area contributed by atoms with Crippen molar-refractivity contribution < 1.29 is 28.2 Å². The predicted octanol–water partition coefficient (Wildman–Crippen LogP) is 1.90. The van der Waals surface area contributed by atoms with Crippen LogP contribution in [0.5, 0.6) is 5.75 Å². The fourth-order valence-corrected chi connectivity index (χ4v) is 1.15. The number of ketones is 1. The molecule has 1 rings (SSSR count). The van der Waals surface area contributed by atoms with Crippen molar-refractivity contribution >= 4 is 11.8 Å². The maximum absolute atomic E-state index is 12.3. The van der Waals surface area contributed by atoms with Crippen LogP contribution < -0.4 is 4.74 Å². The topological polar surface area (TPSA) is 63.6 Å². The molecule has 1 aromatic rings. The number of rotatable bonds is 4. The molecule has 0 saturated heterocycles. The standard InChI is InChI=1S/C10H8F2O4/c1-16-7-4-5(9(11)12)2-3-6(7)8(13)10(14)15/h2-4,9H,1H3,(H,14,15). The summed E-state index contributed by atoms with van der Waals surface area (Å²) in [6, 6.07) is 2.95. The van der Waals surface area contributed by atoms with E-state index in [9.17, 15) is 18.4 Å². The van der Waals surface area contributed by atoms with Gasteiger partial charge in [0.05, 0.1) is 12.7 Å². The van der Waals surface area contributed by atoms with Gasteiger partial charge in [-0.15, -0.1) is 0 Å². The van der Waals surface area contributed by atoms with Crippen molar-refractivity contribution in [3.8, 4) is 5.75 Å². The zero-order chi connectivity index (χ0) is 12.3. The van der Waals surface area contributed by atoms with Gasteiger partial charge in [-0.2, -0.15) is 0 Å². The molecule has 86 valence electrons. The predicted molar refractivity (Wildman–Crippen MR) is 49.9 cm³/mol. The second-order valence-electron chi connectivity index (χ2n) is 2.89. The lowest BCUT2D eigenvalue weighted by atomic mass is 10.1. The molecule has 1 N–H and O–H groups in total. The zero-order valence-corrected chi connectivity index (χ0v) is 8.24. The van der Waals surface area contributed by atoms with Gasteiger partial charge in [0, 0.05) is 5.56 Å². The van der Waals surface area contributed by atoms with E-state index in [0.29, 0.717) is 0 Å². The molecule has 0 amide bonds. The van der Waals surface area contributed by atoms with Gasteiger partial charge in [-0.3, -0.25) is 4.79 Å². The molecule has 6 heteroatoms. The molecule has 0 aliphatic carbocycles. The van der Waals surface area contributed by atoms with Crippen LogP contribution in [0.3, 0.4) is 0 Å². The molecule has 1 aromatic carbocycles. The highest BCUT2D eigenvalue weighted by Crippen LogP contribution is 2.26. The monoisotopic (exact) mass is 230 g/mol. The van der Waals surface area contributed by atoms with Crippen molar-refractivity contribution in [2.45, 2.75) is 6.43 Å². The first kappa shape index (κ1) is 12.1. The maximum atomic E-state index is 12.3. The van der Waals surface area contributed by atoms with Gasteiger partial charge in [-0.1, -0.05) is 6.07 Å². The van der Waals surface area contributed by atoms with Gasteiger partial charge < -0.3 is 9.84 Å². The van der Waals surface area contributed by atoms with Crippen LogP contribution in [0.25, 0.3) is 0 Å². The summed E-state index contributed by atoms with van der Waals surface area (Å²) in [5.41, 5.74) is -0.585. The third kappa shape index (κ3) is 2.33. The molecule has 0 radical (unpaired) electrons. The maximum Gasteiger partial charge on any atom is 0.377 e. The molecule has 0 heterocycles. The van der Waals surface area contributed by atoms with E-state index in [1.54, 1.807) is 0 Å². The van der Waals surface area contributed by atoms with Crippen LogP contribution in [0, 0.1) is 0 Å². The van der Waals surface area contributed by atoms with Crippen LogP contribution in [-0.4, -0.2) is 24.0 Å². The molecule has 0 aliphatic heterocycles. The summed E-state index contributed by atoms with van der Waals surface area (Å²) >= 11 is 0. The molecule has 0 atom stereocenters. The van der Waals surface area contributed by atoms with Crippen LogP contribution in [0.4, 0.5) is 8.78 Å². The number of hydrogen-bond acceptors (Lipinski definition) is 3. The quantitative estimate of drug-likeness (QED) is 0.633. The number of carboxylic acid groups (broad SMARTS) is 1. The van der Waals surface area contributed by atoms with Gasteiger partial charge in [0.2, 0.25) is 0 Å². The molecular weight excluding hydrogens is 222 g/mol. The van der Waals surface area contributed by atoms with Crippen molar-refractivity contribution in [1.82, 2.24) is 0 Å². The summed E-state index contributed by atoms with van der Waals surface area (Å²) in [7, 11) is 1.17. The molecular formula is C10H8F2O4. The third-order valence-corrected chi connectivity index (χ3v) is 1.92. The van der Waals surface area contributed by atoms with Crippen molar-refractivity contribution in [3.63, 3.8) is 0 Å². The summed E-state index contributed by atoms with van der Waals surface area (Å²) in [5.74, 6) is -3.04. The Hall–Kier alpha value is -1.98. The van der Waals surface area contributed by atoms with Gasteiger partial charge in [0.15, 0.2) is 0 Å². The SMILES string of the molecule is COc1cc(C(F)F)ccc1C(=O)C(=O)O. The first-order chi connectivity index (χ1) is 7.47. The number of halogens is 2. The van der Waals surface area contributed by atoms with Gasteiger partial charge in [0.25, 0.3) is 12.2 Å². The summed E-state index contributed by atoms with van der Waals surface area (Å²) in [5, 5.41) is 8.48. The summed E-state index contributed by atoms with van der Waals surface area (Å²) in [6.07, 6.45) is -2.71. The number of Topliss-reactive ketones (excluding diaryl/α,β-unsaturated/α-hetero) is 1. The van der Waals surface area contributed by atoms with E-state index < -0.39 is 18.2 Å². The number of carbonyl (C=O) groups excluding carboxylic acids is 1. The van der Waals surface area contributed by atoms with Gasteiger partial charge in [-0.25, -0.2) is 13.6 Å². The van der Waals surface area contributed by atoms with Crippen molar-refractivity contribution in [2.24, 2.45) is 0 Å². The largest absolute Gasteiger partial charge is 0.496 e. The first-order valence-electron chi connectivity index (χ1n) is 4.21. The molecule has 0 bridgehead atoms. The number of ether oxygens (including phenoxy) is 1. The van der Waals surface area contributed by atoms with E-state index in [4.69, 9.17) is 5.11 Å². The fourth-order valence-electron chi connectivity index (χ4n) is 1.15. The van der Waals surface area contributed by atoms with Gasteiger partial charge in [0.1, 0.15) is 5.75 Å². The van der Waals surface area contributed by atoms with E-state index in [0.717, 1.165) is 18.2 Å². The second kappa shape index (κ2) is 4.69. The number of hydrogen-bond donors (Lipinski definition) is 1. The lowest BCUT2D eigenvalue weighted by Gasteiger charge is -2.07. The van der Waals surface area contributed by atoms with Crippen molar-refractivity contribution in [2.75, 3.05) is 7.11 Å². The van der Waals surface area contributed by atoms with E-state index in [1.807, 2.05) is 0 Å². The van der Waals surface area contributed by atoms with Crippen LogP contribution in [-0.2, 0) is 4.79 Å². The Morgan fingerprint density at radius 2 is 2.00 bits per heavy atom. The Bertz CT molecular complexity index is 429. The average molecular weight is 230 g/mol. The molecule has 0 aromatic heterocycles. The Morgan fingerprint density at radius 1 is 1.38 bits per heavy atom. The van der Waals surface area contributed by atoms with Crippen molar-refractivity contribution in [3.05, 3.63) is 29.3 Å². The van der Waals surface area contributed by atoms with E-state index >= 15 is 0 Å². The van der Waals surface area contributed by atoms with E-state index in [-0.39, 0.29) is 16.9 Å². The van der Waals surface area contributed by atoms with Crippen LogP contribution in [0.1, 0.15) is 22.3 Å². The summed E-state index contributed by atoms with van der Waals surface area (Å²) in [4.78, 5) is 21.6. The molecule has 4 nitrogen and oxygen atoms in total. The van der Waals surface area contributed by atoms with E-state index in [2.05, 4.69) is 4.74 Å². The number of carbonyl (C=O) groups is 2. The Labute approximate surface area is 89.5 Å². The van der Waals surface area contributed by atoms with E-state index in [1.165, 1.54) is 7.11 Å². The molecule has 0 unspecified atom stereocenters. The smallest absolute Gasteiger partial charge is 0.377 e. The number of alkyl halides is 2. The molecule has 0 saturated carbocycles. The molecule has 16 heavy (non-hydrogen) atoms. The minimum Gasteiger partial charge on any atom is -0.496 e. The fraction of sp³-hybridized carbons (Fsp3) is 0.200. The zero-order valence-electron chi connectivity index (χ0n) is 8.24.